The van der Waals surface area contributed by atoms with E-state index in [0.29, 0.717) is 5.78 Å². The molecule has 2 heterocycles. The van der Waals surface area contributed by atoms with Crippen LogP contribution in [0.1, 0.15) is 44.9 Å². The number of thioether (sulfide) groups is 1. The minimum absolute atomic E-state index is 0.00178. The van der Waals surface area contributed by atoms with Crippen LogP contribution in [0.2, 0.25) is 0 Å². The first-order valence-corrected chi connectivity index (χ1v) is 8.34. The van der Waals surface area contributed by atoms with E-state index in [1.54, 1.807) is 0 Å². The van der Waals surface area contributed by atoms with E-state index in [1.165, 1.54) is 5.75 Å². The molecule has 4 heteroatoms. The summed E-state index contributed by atoms with van der Waals surface area (Å²) in [6.07, 6.45) is 6.93. The number of hydrogen-bond donors (Lipinski definition) is 1. The predicted octanol–water partition coefficient (Wildman–Crippen LogP) is 2.13. The van der Waals surface area contributed by atoms with Gasteiger partial charge < -0.3 is 10.5 Å². The topological polar surface area (TPSA) is 52.3 Å². The molecule has 0 aromatic heterocycles. The third kappa shape index (κ3) is 2.23. The van der Waals surface area contributed by atoms with Crippen LogP contribution in [0.3, 0.4) is 0 Å². The molecule has 3 fully saturated rings. The van der Waals surface area contributed by atoms with Crippen molar-refractivity contribution in [2.24, 2.45) is 11.7 Å². The molecule has 2 atom stereocenters. The van der Waals surface area contributed by atoms with Gasteiger partial charge in [0, 0.05) is 18.3 Å². The minimum Gasteiger partial charge on any atom is -0.374 e. The van der Waals surface area contributed by atoms with Crippen LogP contribution < -0.4 is 5.73 Å². The fraction of sp³-hybridized carbons (Fsp3) is 0.929. The fourth-order valence-electron chi connectivity index (χ4n) is 3.77. The van der Waals surface area contributed by atoms with Crippen molar-refractivity contribution >= 4 is 17.5 Å². The lowest BCUT2D eigenvalue weighted by molar-refractivity contribution is -0.138. The van der Waals surface area contributed by atoms with Gasteiger partial charge in [-0.3, -0.25) is 4.79 Å². The molecule has 0 amide bonds. The fourth-order valence-corrected chi connectivity index (χ4v) is 5.15. The molecule has 0 radical (unpaired) electrons. The molecule has 1 aliphatic carbocycles. The van der Waals surface area contributed by atoms with Gasteiger partial charge in [-0.25, -0.2) is 0 Å². The van der Waals surface area contributed by atoms with E-state index in [2.05, 4.69) is 0 Å². The molecule has 3 nitrogen and oxygen atoms in total. The average Bonchev–Trinajstić information content (AvgIpc) is 2.99. The maximum Gasteiger partial charge on any atom is 0.155 e. The number of hydrogen-bond acceptors (Lipinski definition) is 4. The molecular formula is C14H23NO2S. The highest BCUT2D eigenvalue weighted by molar-refractivity contribution is 7.99. The van der Waals surface area contributed by atoms with Gasteiger partial charge in [0.25, 0.3) is 0 Å². The van der Waals surface area contributed by atoms with Gasteiger partial charge in [-0.2, -0.15) is 11.8 Å². The molecule has 18 heavy (non-hydrogen) atoms. The number of ketones is 1. The number of carbonyl (C=O) groups is 1. The molecule has 2 aliphatic heterocycles. The molecule has 3 rings (SSSR count). The first-order valence-electron chi connectivity index (χ1n) is 7.19. The Morgan fingerprint density at radius 1 is 1.28 bits per heavy atom. The molecule has 0 bridgehead atoms. The quantitative estimate of drug-likeness (QED) is 0.834. The lowest BCUT2D eigenvalue weighted by atomic mass is 9.76. The second-order valence-electron chi connectivity index (χ2n) is 6.25. The number of rotatable bonds is 2. The van der Waals surface area contributed by atoms with Crippen LogP contribution in [0.5, 0.6) is 0 Å². The monoisotopic (exact) mass is 269 g/mol. The van der Waals surface area contributed by atoms with Crippen molar-refractivity contribution in [3.63, 3.8) is 0 Å². The van der Waals surface area contributed by atoms with Crippen molar-refractivity contribution < 1.29 is 9.53 Å². The van der Waals surface area contributed by atoms with Crippen molar-refractivity contribution in [2.75, 3.05) is 18.1 Å². The SMILES string of the molecule is NC1(C(=O)C2CCOC3(CCSC3)C2)CCCC1. The molecule has 1 saturated carbocycles. The Hall–Kier alpha value is -0.0600. The van der Waals surface area contributed by atoms with Crippen LogP contribution in [0.15, 0.2) is 0 Å². The third-order valence-corrected chi connectivity index (χ3v) is 6.14. The van der Waals surface area contributed by atoms with Gasteiger partial charge in [0.15, 0.2) is 5.78 Å². The molecule has 1 spiro atoms. The van der Waals surface area contributed by atoms with Gasteiger partial charge in [-0.05, 0) is 37.9 Å². The highest BCUT2D eigenvalue weighted by Crippen LogP contribution is 2.42. The summed E-state index contributed by atoms with van der Waals surface area (Å²) in [6, 6.07) is 0. The van der Waals surface area contributed by atoms with Crippen LogP contribution in [0, 0.1) is 5.92 Å². The van der Waals surface area contributed by atoms with E-state index in [-0.39, 0.29) is 11.5 Å². The van der Waals surface area contributed by atoms with Crippen molar-refractivity contribution in [1.82, 2.24) is 0 Å². The summed E-state index contributed by atoms with van der Waals surface area (Å²) in [5.74, 6) is 2.73. The summed E-state index contributed by atoms with van der Waals surface area (Å²) in [6.45, 7) is 0.743. The molecule has 102 valence electrons. The van der Waals surface area contributed by atoms with Gasteiger partial charge >= 0.3 is 0 Å². The van der Waals surface area contributed by atoms with Crippen molar-refractivity contribution in [3.8, 4) is 0 Å². The number of nitrogens with two attached hydrogens (primary N) is 1. The van der Waals surface area contributed by atoms with Crippen LogP contribution in [-0.2, 0) is 9.53 Å². The van der Waals surface area contributed by atoms with Crippen molar-refractivity contribution in [3.05, 3.63) is 0 Å². The normalized spacial score (nSPS) is 39.3. The molecule has 2 N–H and O–H groups in total. The summed E-state index contributed by atoms with van der Waals surface area (Å²) >= 11 is 1.96. The maximum absolute atomic E-state index is 12.7. The van der Waals surface area contributed by atoms with E-state index in [9.17, 15) is 4.79 Å². The molecule has 0 aromatic carbocycles. The second kappa shape index (κ2) is 4.80. The molecule has 3 aliphatic rings. The van der Waals surface area contributed by atoms with E-state index in [4.69, 9.17) is 10.5 Å². The summed E-state index contributed by atoms with van der Waals surface area (Å²) in [5.41, 5.74) is 5.82. The summed E-state index contributed by atoms with van der Waals surface area (Å²) in [5, 5.41) is 0. The first kappa shape index (κ1) is 12.9. The van der Waals surface area contributed by atoms with Gasteiger partial charge in [-0.1, -0.05) is 12.8 Å². The average molecular weight is 269 g/mol. The van der Waals surface area contributed by atoms with Crippen molar-refractivity contribution in [1.29, 1.82) is 0 Å². The van der Waals surface area contributed by atoms with Crippen LogP contribution in [0.25, 0.3) is 0 Å². The predicted molar refractivity (Wildman–Crippen MR) is 73.7 cm³/mol. The zero-order valence-corrected chi connectivity index (χ0v) is 11.8. The lowest BCUT2D eigenvalue weighted by Crippen LogP contribution is -2.52. The van der Waals surface area contributed by atoms with Gasteiger partial charge in [0.2, 0.25) is 0 Å². The maximum atomic E-state index is 12.7. The second-order valence-corrected chi connectivity index (χ2v) is 7.36. The zero-order valence-electron chi connectivity index (χ0n) is 11.0. The van der Waals surface area contributed by atoms with Gasteiger partial charge in [-0.15, -0.1) is 0 Å². The molecule has 0 aromatic rings. The minimum atomic E-state index is -0.505. The highest BCUT2D eigenvalue weighted by atomic mass is 32.2. The Bertz CT molecular complexity index is 333. The summed E-state index contributed by atoms with van der Waals surface area (Å²) in [7, 11) is 0. The Kier molecular flexibility index (Phi) is 3.45. The van der Waals surface area contributed by atoms with Crippen molar-refractivity contribution in [2.45, 2.75) is 56.1 Å². The Morgan fingerprint density at radius 2 is 2.06 bits per heavy atom. The number of carbonyl (C=O) groups excluding carboxylic acids is 1. The highest BCUT2D eigenvalue weighted by Gasteiger charge is 2.47. The molecule has 2 saturated heterocycles. The molecular weight excluding hydrogens is 246 g/mol. The van der Waals surface area contributed by atoms with Crippen LogP contribution in [-0.4, -0.2) is 35.0 Å². The first-order chi connectivity index (χ1) is 8.64. The summed E-state index contributed by atoms with van der Waals surface area (Å²) in [4.78, 5) is 12.7. The van der Waals surface area contributed by atoms with Gasteiger partial charge in [0.1, 0.15) is 0 Å². The Balaban J connectivity index is 1.70. The smallest absolute Gasteiger partial charge is 0.155 e. The van der Waals surface area contributed by atoms with E-state index >= 15 is 0 Å². The third-order valence-electron chi connectivity index (χ3n) is 4.92. The molecule has 2 unspecified atom stereocenters. The number of ether oxygens (including phenoxy) is 1. The standard InChI is InChI=1S/C14H23NO2S/c15-14(4-1-2-5-14)12(16)11-3-7-17-13(9-11)6-8-18-10-13/h11H,1-10,15H2. The number of Topliss-reactive ketones (excluding diaryl/α,β-unsaturated/α-hetero) is 1. The Morgan fingerprint density at radius 3 is 2.72 bits per heavy atom. The van der Waals surface area contributed by atoms with Gasteiger partial charge in [0.05, 0.1) is 11.1 Å². The largest absolute Gasteiger partial charge is 0.374 e. The summed E-state index contributed by atoms with van der Waals surface area (Å²) < 4.78 is 5.99. The van der Waals surface area contributed by atoms with E-state index in [1.807, 2.05) is 11.8 Å². The van der Waals surface area contributed by atoms with E-state index in [0.717, 1.165) is 57.3 Å². The Labute approximate surface area is 113 Å². The van der Waals surface area contributed by atoms with E-state index < -0.39 is 5.54 Å². The van der Waals surface area contributed by atoms with Crippen LogP contribution in [0.4, 0.5) is 0 Å². The van der Waals surface area contributed by atoms with Crippen LogP contribution >= 0.6 is 11.8 Å². The lowest BCUT2D eigenvalue weighted by Gasteiger charge is -2.39. The zero-order chi connectivity index (χ0) is 12.6.